The van der Waals surface area contributed by atoms with Gasteiger partial charge in [0, 0.05) is 5.41 Å². The molecule has 1 atom stereocenters. The lowest BCUT2D eigenvalue weighted by molar-refractivity contribution is 0.0727. The molecule has 0 aliphatic carbocycles. The zero-order valence-corrected chi connectivity index (χ0v) is 5.81. The molecule has 2 nitrogen and oxygen atoms in total. The number of hydrogen-bond acceptors (Lipinski definition) is 2. The van der Waals surface area contributed by atoms with Crippen molar-refractivity contribution in [1.29, 1.82) is 0 Å². The second kappa shape index (κ2) is 2.46. The third kappa shape index (κ3) is 1.80. The molecule has 0 rings (SSSR count). The Balaban J connectivity index is 3.71. The Morgan fingerprint density at radius 3 is 2.00 bits per heavy atom. The summed E-state index contributed by atoms with van der Waals surface area (Å²) in [6, 6.07) is 0. The van der Waals surface area contributed by atoms with Crippen LogP contribution < -0.4 is 5.73 Å². The Morgan fingerprint density at radius 1 is 1.62 bits per heavy atom. The fourth-order valence-electron chi connectivity index (χ4n) is 0.171. The van der Waals surface area contributed by atoms with Gasteiger partial charge in [0.1, 0.15) is 0 Å². The van der Waals surface area contributed by atoms with Gasteiger partial charge in [-0.3, -0.25) is 0 Å². The maximum Gasteiger partial charge on any atom is 0.0575 e. The van der Waals surface area contributed by atoms with Crippen LogP contribution in [0.1, 0.15) is 20.8 Å². The molecule has 0 fully saturated rings. The van der Waals surface area contributed by atoms with E-state index in [1.165, 1.54) is 0 Å². The van der Waals surface area contributed by atoms with Crippen molar-refractivity contribution in [3.05, 3.63) is 0 Å². The Kier molecular flexibility index (Phi) is 2.44. The summed E-state index contributed by atoms with van der Waals surface area (Å²) in [6.45, 7) is 6.17. The molecule has 0 saturated heterocycles. The van der Waals surface area contributed by atoms with Gasteiger partial charge in [-0.05, 0) is 13.5 Å². The maximum atomic E-state index is 9.00. The summed E-state index contributed by atoms with van der Waals surface area (Å²) in [5, 5.41) is 9.00. The first kappa shape index (κ1) is 7.92. The molecule has 0 aromatic heterocycles. The molecule has 2 heteroatoms. The lowest BCUT2D eigenvalue weighted by Crippen LogP contribution is -2.34. The van der Waals surface area contributed by atoms with Gasteiger partial charge in [-0.15, -0.1) is 0 Å². The Morgan fingerprint density at radius 2 is 2.00 bits per heavy atom. The van der Waals surface area contributed by atoms with Crippen molar-refractivity contribution < 1.29 is 5.11 Å². The van der Waals surface area contributed by atoms with E-state index in [2.05, 4.69) is 0 Å². The molecule has 0 radical (unpaired) electrons. The molecule has 8 heavy (non-hydrogen) atoms. The highest BCUT2D eigenvalue weighted by Gasteiger charge is 2.21. The molecule has 3 N–H and O–H groups in total. The van der Waals surface area contributed by atoms with Crippen molar-refractivity contribution in [1.82, 2.24) is 0 Å². The lowest BCUT2D eigenvalue weighted by atomic mass is 9.88. The topological polar surface area (TPSA) is 46.2 Å². The van der Waals surface area contributed by atoms with Crippen LogP contribution in [0.2, 0.25) is 0 Å². The first-order chi connectivity index (χ1) is 3.50. The van der Waals surface area contributed by atoms with E-state index in [0.717, 1.165) is 0 Å². The number of rotatable bonds is 2. The summed E-state index contributed by atoms with van der Waals surface area (Å²) in [6.07, 6.45) is -0.313. The molecule has 0 bridgehead atoms. The first-order valence-electron chi connectivity index (χ1n) is 2.89. The molecule has 0 aromatic carbocycles. The van der Waals surface area contributed by atoms with Crippen molar-refractivity contribution >= 4 is 0 Å². The average molecular weight is 117 g/mol. The second-order valence-corrected chi connectivity index (χ2v) is 2.87. The van der Waals surface area contributed by atoms with Crippen LogP contribution in [0.5, 0.6) is 0 Å². The highest BCUT2D eigenvalue weighted by molar-refractivity contribution is 4.74. The van der Waals surface area contributed by atoms with Gasteiger partial charge < -0.3 is 10.8 Å². The molecule has 50 valence electrons. The number of aliphatic hydroxyl groups excluding tert-OH is 1. The van der Waals surface area contributed by atoms with Crippen molar-refractivity contribution in [2.45, 2.75) is 26.9 Å². The fourth-order valence-corrected chi connectivity index (χ4v) is 0.171. The predicted molar refractivity (Wildman–Crippen MR) is 34.5 cm³/mol. The normalized spacial score (nSPS) is 16.1. The Hall–Kier alpha value is -0.0800. The molecule has 0 spiro atoms. The summed E-state index contributed by atoms with van der Waals surface area (Å²) in [5.41, 5.74) is 5.22. The minimum Gasteiger partial charge on any atom is -0.393 e. The fraction of sp³-hybridized carbons (Fsp3) is 1.00. The minimum absolute atomic E-state index is 0.125. The molecular weight excluding hydrogens is 102 g/mol. The largest absolute Gasteiger partial charge is 0.393 e. The number of nitrogens with two attached hydrogens (primary N) is 1. The average Bonchev–Trinajstić information content (AvgIpc) is 1.67. The van der Waals surface area contributed by atoms with Crippen LogP contribution in [0, 0.1) is 5.41 Å². The quantitative estimate of drug-likeness (QED) is 0.548. The van der Waals surface area contributed by atoms with E-state index < -0.39 is 0 Å². The predicted octanol–water partition coefficient (Wildman–Crippen LogP) is 0.352. The molecule has 0 unspecified atom stereocenters. The van der Waals surface area contributed by atoms with E-state index >= 15 is 0 Å². The van der Waals surface area contributed by atoms with E-state index in [1.54, 1.807) is 6.92 Å². The molecule has 0 heterocycles. The standard InChI is InChI=1S/C6H15NO/c1-5(8)6(2,3)4-7/h5,8H,4,7H2,1-3H3/t5-/m0/s1. The van der Waals surface area contributed by atoms with Crippen molar-refractivity contribution in [3.63, 3.8) is 0 Å². The third-order valence-electron chi connectivity index (χ3n) is 1.66. The van der Waals surface area contributed by atoms with Crippen LogP contribution in [-0.4, -0.2) is 17.8 Å². The van der Waals surface area contributed by atoms with E-state index in [-0.39, 0.29) is 11.5 Å². The van der Waals surface area contributed by atoms with Gasteiger partial charge in [-0.1, -0.05) is 13.8 Å². The zero-order valence-electron chi connectivity index (χ0n) is 5.81. The molecule has 0 saturated carbocycles. The van der Waals surface area contributed by atoms with E-state index in [1.807, 2.05) is 13.8 Å². The molecule has 0 aliphatic rings. The molecule has 0 amide bonds. The summed E-state index contributed by atoms with van der Waals surface area (Å²) in [4.78, 5) is 0. The number of hydrogen-bond donors (Lipinski definition) is 2. The maximum absolute atomic E-state index is 9.00. The zero-order chi connectivity index (χ0) is 6.78. The van der Waals surface area contributed by atoms with E-state index in [0.29, 0.717) is 6.54 Å². The SMILES string of the molecule is C[C@H](O)C(C)(C)CN. The van der Waals surface area contributed by atoms with Gasteiger partial charge in [0.25, 0.3) is 0 Å². The highest BCUT2D eigenvalue weighted by atomic mass is 16.3. The molecule has 0 aromatic rings. The van der Waals surface area contributed by atoms with Crippen molar-refractivity contribution in [2.75, 3.05) is 6.54 Å². The third-order valence-corrected chi connectivity index (χ3v) is 1.66. The number of aliphatic hydroxyl groups is 1. The van der Waals surface area contributed by atoms with Crippen LogP contribution in [0.4, 0.5) is 0 Å². The summed E-state index contributed by atoms with van der Waals surface area (Å²) < 4.78 is 0. The van der Waals surface area contributed by atoms with Crippen LogP contribution in [0.25, 0.3) is 0 Å². The summed E-state index contributed by atoms with van der Waals surface area (Å²) in [5.74, 6) is 0. The van der Waals surface area contributed by atoms with Gasteiger partial charge in [0.05, 0.1) is 6.10 Å². The minimum atomic E-state index is -0.313. The second-order valence-electron chi connectivity index (χ2n) is 2.87. The van der Waals surface area contributed by atoms with Gasteiger partial charge in [-0.25, -0.2) is 0 Å². The highest BCUT2D eigenvalue weighted by Crippen LogP contribution is 2.17. The van der Waals surface area contributed by atoms with Gasteiger partial charge in [0.15, 0.2) is 0 Å². The van der Waals surface area contributed by atoms with Gasteiger partial charge >= 0.3 is 0 Å². The molecule has 0 aliphatic heterocycles. The van der Waals surface area contributed by atoms with Crippen LogP contribution in [-0.2, 0) is 0 Å². The summed E-state index contributed by atoms with van der Waals surface area (Å²) >= 11 is 0. The van der Waals surface area contributed by atoms with Gasteiger partial charge in [-0.2, -0.15) is 0 Å². The lowest BCUT2D eigenvalue weighted by Gasteiger charge is -2.25. The van der Waals surface area contributed by atoms with E-state index in [4.69, 9.17) is 10.8 Å². The Labute approximate surface area is 50.7 Å². The Bertz CT molecular complexity index is 68.9. The molecular formula is C6H15NO. The summed E-state index contributed by atoms with van der Waals surface area (Å²) in [7, 11) is 0. The van der Waals surface area contributed by atoms with Crippen LogP contribution >= 0.6 is 0 Å². The van der Waals surface area contributed by atoms with Crippen LogP contribution in [0.15, 0.2) is 0 Å². The van der Waals surface area contributed by atoms with Crippen molar-refractivity contribution in [2.24, 2.45) is 11.1 Å². The van der Waals surface area contributed by atoms with E-state index in [9.17, 15) is 0 Å². The van der Waals surface area contributed by atoms with Gasteiger partial charge in [0.2, 0.25) is 0 Å². The monoisotopic (exact) mass is 117 g/mol. The smallest absolute Gasteiger partial charge is 0.0575 e. The van der Waals surface area contributed by atoms with Crippen LogP contribution in [0.3, 0.4) is 0 Å². The first-order valence-corrected chi connectivity index (χ1v) is 2.89. The van der Waals surface area contributed by atoms with Crippen molar-refractivity contribution in [3.8, 4) is 0 Å².